The molecule has 6 heteroatoms. The third kappa shape index (κ3) is 4.57. The Morgan fingerprint density at radius 2 is 2.12 bits per heavy atom. The first-order valence-corrected chi connectivity index (χ1v) is 6.32. The normalized spacial score (nSPS) is 10.8. The van der Waals surface area contributed by atoms with Crippen molar-refractivity contribution in [3.8, 4) is 0 Å². The zero-order valence-electron chi connectivity index (χ0n) is 10.1. The molecule has 0 amide bonds. The van der Waals surface area contributed by atoms with Crippen molar-refractivity contribution in [2.75, 3.05) is 26.9 Å². The summed E-state index contributed by atoms with van der Waals surface area (Å²) >= 11 is 3.22. The molecule has 1 aromatic rings. The average molecular weight is 305 g/mol. The lowest BCUT2D eigenvalue weighted by Gasteiger charge is -2.05. The molecule has 0 bridgehead atoms. The van der Waals surface area contributed by atoms with Gasteiger partial charge in [0.25, 0.3) is 5.56 Å². The maximum Gasteiger partial charge on any atom is 0.265 e. The maximum absolute atomic E-state index is 11.6. The van der Waals surface area contributed by atoms with E-state index >= 15 is 0 Å². The van der Waals surface area contributed by atoms with Crippen molar-refractivity contribution >= 4 is 15.9 Å². The van der Waals surface area contributed by atoms with Crippen LogP contribution in [0.25, 0.3) is 0 Å². The molecule has 0 aromatic carbocycles. The Morgan fingerprint density at radius 1 is 1.35 bits per heavy atom. The van der Waals surface area contributed by atoms with Gasteiger partial charge in [0.1, 0.15) is 10.3 Å². The fourth-order valence-electron chi connectivity index (χ4n) is 1.32. The van der Waals surface area contributed by atoms with Gasteiger partial charge in [-0.05, 0) is 22.4 Å². The van der Waals surface area contributed by atoms with Crippen molar-refractivity contribution in [1.82, 2.24) is 9.97 Å². The smallest absolute Gasteiger partial charge is 0.265 e. The first-order chi connectivity index (χ1) is 8.19. The van der Waals surface area contributed by atoms with Crippen molar-refractivity contribution in [2.45, 2.75) is 19.8 Å². The van der Waals surface area contributed by atoms with Crippen LogP contribution in [0.3, 0.4) is 0 Å². The van der Waals surface area contributed by atoms with E-state index in [0.29, 0.717) is 36.5 Å². The minimum atomic E-state index is -0.135. The molecule has 0 aliphatic rings. The van der Waals surface area contributed by atoms with Crippen molar-refractivity contribution in [3.05, 3.63) is 26.3 Å². The number of hydrogen-bond donors (Lipinski definition) is 1. The highest BCUT2D eigenvalue weighted by Crippen LogP contribution is 2.09. The van der Waals surface area contributed by atoms with E-state index in [4.69, 9.17) is 9.47 Å². The van der Waals surface area contributed by atoms with Gasteiger partial charge in [-0.1, -0.05) is 6.92 Å². The highest BCUT2D eigenvalue weighted by molar-refractivity contribution is 9.10. The number of aryl methyl sites for hydroxylation is 1. The molecule has 1 rings (SSSR count). The van der Waals surface area contributed by atoms with Gasteiger partial charge in [0.2, 0.25) is 0 Å². The number of nitrogens with zero attached hydrogens (tertiary/aromatic N) is 1. The third-order valence-corrected chi connectivity index (χ3v) is 3.05. The molecule has 0 saturated carbocycles. The first kappa shape index (κ1) is 14.3. The zero-order valence-corrected chi connectivity index (χ0v) is 11.7. The molecule has 0 fully saturated rings. The van der Waals surface area contributed by atoms with E-state index in [1.54, 1.807) is 7.11 Å². The number of aromatic amines is 1. The van der Waals surface area contributed by atoms with Gasteiger partial charge in [0.05, 0.1) is 25.5 Å². The summed E-state index contributed by atoms with van der Waals surface area (Å²) in [6.07, 6.45) is 1.32. The Morgan fingerprint density at radius 3 is 2.76 bits per heavy atom. The van der Waals surface area contributed by atoms with Crippen LogP contribution in [0.5, 0.6) is 0 Å². The molecule has 0 aliphatic heterocycles. The number of H-pyrrole nitrogens is 1. The molecule has 1 N–H and O–H groups in total. The van der Waals surface area contributed by atoms with Crippen LogP contribution in [0.1, 0.15) is 18.4 Å². The van der Waals surface area contributed by atoms with E-state index < -0.39 is 0 Å². The molecule has 0 aliphatic carbocycles. The lowest BCUT2D eigenvalue weighted by atomic mass is 10.3. The molecule has 96 valence electrons. The standard InChI is InChI=1S/C11H17BrN2O3/c1-3-8-10(12)11(15)14-9(13-8)4-5-17-7-6-16-2/h3-7H2,1-2H3,(H,13,14,15). The molecule has 1 aromatic heterocycles. The van der Waals surface area contributed by atoms with Gasteiger partial charge >= 0.3 is 0 Å². The van der Waals surface area contributed by atoms with Crippen LogP contribution in [0.4, 0.5) is 0 Å². The summed E-state index contributed by atoms with van der Waals surface area (Å²) in [6.45, 7) is 3.62. The van der Waals surface area contributed by atoms with E-state index in [9.17, 15) is 4.79 Å². The quantitative estimate of drug-likeness (QED) is 0.771. The second-order valence-corrected chi connectivity index (χ2v) is 4.28. The van der Waals surface area contributed by atoms with Crippen molar-refractivity contribution in [1.29, 1.82) is 0 Å². The van der Waals surface area contributed by atoms with E-state index in [2.05, 4.69) is 25.9 Å². The molecule has 0 unspecified atom stereocenters. The first-order valence-electron chi connectivity index (χ1n) is 5.53. The lowest BCUT2D eigenvalue weighted by Crippen LogP contribution is -2.17. The fourth-order valence-corrected chi connectivity index (χ4v) is 1.79. The van der Waals surface area contributed by atoms with Crippen LogP contribution < -0.4 is 5.56 Å². The summed E-state index contributed by atoms with van der Waals surface area (Å²) in [6, 6.07) is 0. The summed E-state index contributed by atoms with van der Waals surface area (Å²) in [7, 11) is 1.63. The predicted molar refractivity (Wildman–Crippen MR) is 68.3 cm³/mol. The van der Waals surface area contributed by atoms with E-state index in [1.165, 1.54) is 0 Å². The molecule has 0 atom stereocenters. The number of halogens is 1. The Bertz CT molecular complexity index is 406. The van der Waals surface area contributed by atoms with Gasteiger partial charge in [-0.2, -0.15) is 0 Å². The minimum Gasteiger partial charge on any atom is -0.382 e. The lowest BCUT2D eigenvalue weighted by molar-refractivity contribution is 0.0716. The summed E-state index contributed by atoms with van der Waals surface area (Å²) in [5.74, 6) is 0.660. The molecule has 1 heterocycles. The van der Waals surface area contributed by atoms with Gasteiger partial charge in [-0.3, -0.25) is 4.79 Å². The Hall–Kier alpha value is -0.720. The number of ether oxygens (including phenoxy) is 2. The van der Waals surface area contributed by atoms with Crippen molar-refractivity contribution in [3.63, 3.8) is 0 Å². The Balaban J connectivity index is 2.54. The highest BCUT2D eigenvalue weighted by Gasteiger charge is 2.06. The van der Waals surface area contributed by atoms with Gasteiger partial charge in [-0.25, -0.2) is 4.98 Å². The number of methoxy groups -OCH3 is 1. The molecule has 17 heavy (non-hydrogen) atoms. The zero-order chi connectivity index (χ0) is 12.7. The number of aromatic nitrogens is 2. The van der Waals surface area contributed by atoms with E-state index in [0.717, 1.165) is 12.1 Å². The van der Waals surface area contributed by atoms with Crippen molar-refractivity contribution < 1.29 is 9.47 Å². The highest BCUT2D eigenvalue weighted by atomic mass is 79.9. The van der Waals surface area contributed by atoms with E-state index in [-0.39, 0.29) is 5.56 Å². The fraction of sp³-hybridized carbons (Fsp3) is 0.636. The third-order valence-electron chi connectivity index (χ3n) is 2.23. The summed E-state index contributed by atoms with van der Waals surface area (Å²) < 4.78 is 10.7. The largest absolute Gasteiger partial charge is 0.382 e. The van der Waals surface area contributed by atoms with Gasteiger partial charge < -0.3 is 14.5 Å². The Kier molecular flexibility index (Phi) is 6.39. The Labute approximate surface area is 109 Å². The topological polar surface area (TPSA) is 64.2 Å². The molecular formula is C11H17BrN2O3. The van der Waals surface area contributed by atoms with E-state index in [1.807, 2.05) is 6.92 Å². The van der Waals surface area contributed by atoms with Crippen LogP contribution in [0.2, 0.25) is 0 Å². The number of nitrogens with one attached hydrogen (secondary N) is 1. The monoisotopic (exact) mass is 304 g/mol. The van der Waals surface area contributed by atoms with Crippen LogP contribution >= 0.6 is 15.9 Å². The maximum atomic E-state index is 11.6. The molecular weight excluding hydrogens is 288 g/mol. The minimum absolute atomic E-state index is 0.135. The van der Waals surface area contributed by atoms with Gasteiger partial charge in [0.15, 0.2) is 0 Å². The second-order valence-electron chi connectivity index (χ2n) is 3.48. The summed E-state index contributed by atoms with van der Waals surface area (Å²) in [4.78, 5) is 18.6. The van der Waals surface area contributed by atoms with Crippen LogP contribution in [0, 0.1) is 0 Å². The number of hydrogen-bond acceptors (Lipinski definition) is 4. The van der Waals surface area contributed by atoms with Gasteiger partial charge in [0, 0.05) is 13.5 Å². The summed E-state index contributed by atoms with van der Waals surface area (Å²) in [5.41, 5.74) is 0.643. The molecule has 0 saturated heterocycles. The van der Waals surface area contributed by atoms with Crippen LogP contribution in [-0.4, -0.2) is 36.9 Å². The molecule has 0 spiro atoms. The SMILES string of the molecule is CCc1nc(CCOCCOC)[nH]c(=O)c1Br. The average Bonchev–Trinajstić information content (AvgIpc) is 2.33. The van der Waals surface area contributed by atoms with Gasteiger partial charge in [-0.15, -0.1) is 0 Å². The predicted octanol–water partition coefficient (Wildman–Crippen LogP) is 1.30. The second kappa shape index (κ2) is 7.58. The summed E-state index contributed by atoms with van der Waals surface area (Å²) in [5, 5.41) is 0. The molecule has 5 nitrogen and oxygen atoms in total. The molecule has 0 radical (unpaired) electrons. The van der Waals surface area contributed by atoms with Crippen LogP contribution in [-0.2, 0) is 22.3 Å². The number of rotatable bonds is 7. The van der Waals surface area contributed by atoms with Crippen molar-refractivity contribution in [2.24, 2.45) is 0 Å². The van der Waals surface area contributed by atoms with Crippen LogP contribution in [0.15, 0.2) is 9.27 Å².